The number of sulfonamides is 2. The zero-order chi connectivity index (χ0) is 25.1. The summed E-state index contributed by atoms with van der Waals surface area (Å²) in [5.41, 5.74) is 0. The van der Waals surface area contributed by atoms with Crippen LogP contribution in [0, 0.1) is 0 Å². The molecule has 2 aromatic rings. The van der Waals surface area contributed by atoms with Gasteiger partial charge in [-0.05, 0) is 74.2 Å². The summed E-state index contributed by atoms with van der Waals surface area (Å²) in [5.74, 6) is 0.100. The van der Waals surface area contributed by atoms with Crippen LogP contribution in [-0.2, 0) is 24.8 Å². The highest BCUT2D eigenvalue weighted by Gasteiger charge is 2.39. The number of hydrogen-bond donors (Lipinski definition) is 1. The maximum atomic E-state index is 13.0. The Morgan fingerprint density at radius 3 is 2.14 bits per heavy atom. The predicted octanol–water partition coefficient (Wildman–Crippen LogP) is 2.47. The lowest BCUT2D eigenvalue weighted by Gasteiger charge is -2.23. The van der Waals surface area contributed by atoms with Crippen LogP contribution < -0.4 is 10.1 Å². The Morgan fingerprint density at radius 2 is 1.49 bits per heavy atom. The molecule has 35 heavy (non-hydrogen) atoms. The number of hydrogen-bond acceptors (Lipinski definition) is 6. The number of carbonyl (C=O) groups is 1. The second-order valence-electron chi connectivity index (χ2n) is 8.45. The average Bonchev–Trinajstić information content (AvgIpc) is 3.56. The van der Waals surface area contributed by atoms with Gasteiger partial charge in [0.2, 0.25) is 26.0 Å². The molecule has 2 fully saturated rings. The minimum Gasteiger partial charge on any atom is -0.492 e. The molecule has 0 bridgehead atoms. The van der Waals surface area contributed by atoms with Crippen molar-refractivity contribution in [3.05, 3.63) is 53.6 Å². The third-order valence-corrected chi connectivity index (χ3v) is 10.2. The molecule has 12 heteroatoms. The van der Waals surface area contributed by atoms with Gasteiger partial charge in [-0.2, -0.15) is 8.61 Å². The summed E-state index contributed by atoms with van der Waals surface area (Å²) < 4.78 is 59.5. The van der Waals surface area contributed by atoms with Gasteiger partial charge in [-0.25, -0.2) is 16.8 Å². The molecule has 2 aliphatic rings. The van der Waals surface area contributed by atoms with Crippen LogP contribution in [0.5, 0.6) is 5.75 Å². The van der Waals surface area contributed by atoms with Crippen LogP contribution in [0.2, 0.25) is 5.02 Å². The fourth-order valence-corrected chi connectivity index (χ4v) is 7.58. The number of carbonyl (C=O) groups excluding carboxylic acids is 1. The Bertz CT molecular complexity index is 1250. The van der Waals surface area contributed by atoms with Crippen molar-refractivity contribution in [2.24, 2.45) is 0 Å². The standard InChI is InChI=1S/C23H28ClN3O6S2/c24-18-5-9-21(10-6-18)35(31,32)27-16-3-4-22(27)23(28)25-13-17-33-19-7-11-20(12-8-19)34(29,30)26-14-1-2-15-26/h5-12,22H,1-4,13-17H2,(H,25,28)/t22-/m0/s1. The van der Waals surface area contributed by atoms with Gasteiger partial charge in [-0.1, -0.05) is 11.6 Å². The van der Waals surface area contributed by atoms with Gasteiger partial charge in [0.05, 0.1) is 16.3 Å². The highest BCUT2D eigenvalue weighted by atomic mass is 35.5. The number of nitrogens with one attached hydrogen (secondary N) is 1. The number of benzene rings is 2. The fourth-order valence-electron chi connectivity index (χ4n) is 4.28. The molecular formula is C23H28ClN3O6S2. The summed E-state index contributed by atoms with van der Waals surface area (Å²) in [6.45, 7) is 1.68. The van der Waals surface area contributed by atoms with E-state index in [0.29, 0.717) is 36.7 Å². The highest BCUT2D eigenvalue weighted by molar-refractivity contribution is 7.89. The zero-order valence-corrected chi connectivity index (χ0v) is 21.5. The van der Waals surface area contributed by atoms with Crippen LogP contribution in [0.4, 0.5) is 0 Å². The molecule has 2 aliphatic heterocycles. The molecule has 2 aromatic carbocycles. The van der Waals surface area contributed by atoms with Crippen molar-refractivity contribution >= 4 is 37.6 Å². The number of amides is 1. The monoisotopic (exact) mass is 541 g/mol. The molecule has 1 N–H and O–H groups in total. The molecule has 2 saturated heterocycles. The molecule has 4 rings (SSSR count). The van der Waals surface area contributed by atoms with E-state index in [0.717, 1.165) is 12.8 Å². The molecule has 9 nitrogen and oxygen atoms in total. The van der Waals surface area contributed by atoms with E-state index >= 15 is 0 Å². The van der Waals surface area contributed by atoms with Crippen molar-refractivity contribution in [3.8, 4) is 5.75 Å². The van der Waals surface area contributed by atoms with E-state index in [9.17, 15) is 21.6 Å². The van der Waals surface area contributed by atoms with E-state index in [1.807, 2.05) is 0 Å². The largest absolute Gasteiger partial charge is 0.492 e. The lowest BCUT2D eigenvalue weighted by Crippen LogP contribution is -2.46. The molecule has 0 spiro atoms. The van der Waals surface area contributed by atoms with E-state index in [-0.39, 0.29) is 35.4 Å². The zero-order valence-electron chi connectivity index (χ0n) is 19.1. The minimum atomic E-state index is -3.82. The van der Waals surface area contributed by atoms with Crippen molar-refractivity contribution in [3.63, 3.8) is 0 Å². The van der Waals surface area contributed by atoms with Gasteiger partial charge in [-0.3, -0.25) is 4.79 Å². The highest BCUT2D eigenvalue weighted by Crippen LogP contribution is 2.27. The second-order valence-corrected chi connectivity index (χ2v) is 12.7. The Labute approximate surface area is 211 Å². The molecule has 0 saturated carbocycles. The van der Waals surface area contributed by atoms with Gasteiger partial charge in [0, 0.05) is 24.7 Å². The van der Waals surface area contributed by atoms with Crippen molar-refractivity contribution in [2.75, 3.05) is 32.8 Å². The van der Waals surface area contributed by atoms with Gasteiger partial charge in [0.15, 0.2) is 0 Å². The lowest BCUT2D eigenvalue weighted by atomic mass is 10.2. The van der Waals surface area contributed by atoms with Crippen LogP contribution in [0.1, 0.15) is 25.7 Å². The summed E-state index contributed by atoms with van der Waals surface area (Å²) in [7, 11) is -7.30. The Balaban J connectivity index is 1.28. The Morgan fingerprint density at radius 1 is 0.886 bits per heavy atom. The topological polar surface area (TPSA) is 113 Å². The molecule has 1 amide bonds. The average molecular weight is 542 g/mol. The van der Waals surface area contributed by atoms with E-state index < -0.39 is 26.1 Å². The SMILES string of the molecule is O=C(NCCOc1ccc(S(=O)(=O)N2CCCC2)cc1)[C@@H]1CCCN1S(=O)(=O)c1ccc(Cl)cc1. The van der Waals surface area contributed by atoms with E-state index in [1.54, 1.807) is 12.1 Å². The van der Waals surface area contributed by atoms with Gasteiger partial charge in [-0.15, -0.1) is 0 Å². The van der Waals surface area contributed by atoms with Crippen molar-refractivity contribution in [1.82, 2.24) is 13.9 Å². The van der Waals surface area contributed by atoms with Crippen LogP contribution in [-0.4, -0.2) is 70.2 Å². The molecule has 0 aliphatic carbocycles. The van der Waals surface area contributed by atoms with E-state index in [4.69, 9.17) is 16.3 Å². The van der Waals surface area contributed by atoms with Crippen LogP contribution in [0.3, 0.4) is 0 Å². The molecule has 190 valence electrons. The van der Waals surface area contributed by atoms with Crippen molar-refractivity contribution in [1.29, 1.82) is 0 Å². The normalized spacial score (nSPS) is 19.6. The molecule has 2 heterocycles. The molecule has 0 radical (unpaired) electrons. The third kappa shape index (κ3) is 5.80. The first-order valence-corrected chi connectivity index (χ1v) is 14.7. The maximum absolute atomic E-state index is 13.0. The maximum Gasteiger partial charge on any atom is 0.243 e. The predicted molar refractivity (Wildman–Crippen MR) is 131 cm³/mol. The first kappa shape index (κ1) is 25.9. The Hall–Kier alpha value is -2.18. The van der Waals surface area contributed by atoms with Crippen molar-refractivity contribution < 1.29 is 26.4 Å². The van der Waals surface area contributed by atoms with E-state index in [1.165, 1.54) is 45.0 Å². The number of nitrogens with zero attached hydrogens (tertiary/aromatic N) is 2. The molecule has 1 atom stereocenters. The molecular weight excluding hydrogens is 514 g/mol. The molecule has 0 unspecified atom stereocenters. The summed E-state index contributed by atoms with van der Waals surface area (Å²) in [5, 5.41) is 3.17. The minimum absolute atomic E-state index is 0.0973. The van der Waals surface area contributed by atoms with Gasteiger partial charge in [0.25, 0.3) is 0 Å². The second kappa shape index (κ2) is 10.8. The van der Waals surface area contributed by atoms with Gasteiger partial charge >= 0.3 is 0 Å². The third-order valence-electron chi connectivity index (χ3n) is 6.12. The first-order valence-electron chi connectivity index (χ1n) is 11.5. The van der Waals surface area contributed by atoms with Gasteiger partial charge in [0.1, 0.15) is 18.4 Å². The summed E-state index contributed by atoms with van der Waals surface area (Å²) in [4.78, 5) is 13.0. The first-order chi connectivity index (χ1) is 16.7. The summed E-state index contributed by atoms with van der Waals surface area (Å²) in [6, 6.07) is 11.3. The summed E-state index contributed by atoms with van der Waals surface area (Å²) in [6.07, 6.45) is 2.77. The number of ether oxygens (including phenoxy) is 1. The van der Waals surface area contributed by atoms with Crippen LogP contribution in [0.25, 0.3) is 0 Å². The van der Waals surface area contributed by atoms with Crippen LogP contribution >= 0.6 is 11.6 Å². The van der Waals surface area contributed by atoms with E-state index in [2.05, 4.69) is 5.32 Å². The van der Waals surface area contributed by atoms with Gasteiger partial charge < -0.3 is 10.1 Å². The Kier molecular flexibility index (Phi) is 8.02. The van der Waals surface area contributed by atoms with Crippen molar-refractivity contribution in [2.45, 2.75) is 41.5 Å². The van der Waals surface area contributed by atoms with Crippen LogP contribution in [0.15, 0.2) is 58.3 Å². The smallest absolute Gasteiger partial charge is 0.243 e. The molecule has 0 aromatic heterocycles. The number of rotatable bonds is 9. The fraction of sp³-hybridized carbons (Fsp3) is 0.435. The quantitative estimate of drug-likeness (QED) is 0.488. The lowest BCUT2D eigenvalue weighted by molar-refractivity contribution is -0.124. The number of halogens is 1. The summed E-state index contributed by atoms with van der Waals surface area (Å²) >= 11 is 5.86.